The number of anilines is 1. The molecule has 0 bridgehead atoms. The fourth-order valence-corrected chi connectivity index (χ4v) is 2.32. The van der Waals surface area contributed by atoms with Crippen molar-refractivity contribution in [1.29, 1.82) is 0 Å². The van der Waals surface area contributed by atoms with Gasteiger partial charge in [-0.2, -0.15) is 0 Å². The minimum absolute atomic E-state index is 0.477. The Morgan fingerprint density at radius 1 is 1.05 bits per heavy atom. The minimum atomic E-state index is -0.533. The molecule has 3 aromatic rings. The van der Waals surface area contributed by atoms with Gasteiger partial charge in [0.2, 0.25) is 0 Å². The number of fused-ring (bicyclic) bond motifs is 2. The van der Waals surface area contributed by atoms with Crippen LogP contribution in [0, 0.1) is 0 Å². The Bertz CT molecular complexity index is 850. The fraction of sp³-hybridized carbons (Fsp3) is 0.222. The number of para-hydroxylation sites is 2. The summed E-state index contributed by atoms with van der Waals surface area (Å²) >= 11 is 0. The van der Waals surface area contributed by atoms with Crippen molar-refractivity contribution in [2.45, 2.75) is 26.4 Å². The highest BCUT2D eigenvalue weighted by atomic mass is 16.6. The van der Waals surface area contributed by atoms with E-state index in [0.29, 0.717) is 5.69 Å². The Morgan fingerprint density at radius 2 is 1.77 bits per heavy atom. The number of ether oxygens (including phenoxy) is 1. The molecule has 1 amide bonds. The molecule has 22 heavy (non-hydrogen) atoms. The number of carbonyl (C=O) groups is 1. The molecule has 1 N–H and O–H groups in total. The van der Waals surface area contributed by atoms with Crippen molar-refractivity contribution in [3.63, 3.8) is 0 Å². The summed E-state index contributed by atoms with van der Waals surface area (Å²) in [7, 11) is 0. The third-order valence-electron chi connectivity index (χ3n) is 3.18. The molecule has 0 atom stereocenters. The molecule has 112 valence electrons. The van der Waals surface area contributed by atoms with E-state index in [1.54, 1.807) is 0 Å². The molecular formula is C18H18N2O2. The summed E-state index contributed by atoms with van der Waals surface area (Å²) in [6.45, 7) is 5.50. The quantitative estimate of drug-likeness (QED) is 0.660. The first-order chi connectivity index (χ1) is 10.4. The molecule has 1 aromatic heterocycles. The summed E-state index contributed by atoms with van der Waals surface area (Å²) < 4.78 is 5.30. The molecule has 0 fully saturated rings. The van der Waals surface area contributed by atoms with E-state index in [9.17, 15) is 4.79 Å². The topological polar surface area (TPSA) is 51.2 Å². The van der Waals surface area contributed by atoms with Gasteiger partial charge in [-0.1, -0.05) is 30.3 Å². The Hall–Kier alpha value is -2.62. The molecule has 0 saturated heterocycles. The zero-order valence-electron chi connectivity index (χ0n) is 12.9. The largest absolute Gasteiger partial charge is 0.444 e. The summed E-state index contributed by atoms with van der Waals surface area (Å²) in [5.41, 5.74) is 1.77. The van der Waals surface area contributed by atoms with E-state index >= 15 is 0 Å². The highest BCUT2D eigenvalue weighted by Crippen LogP contribution is 2.25. The first kappa shape index (κ1) is 14.3. The van der Waals surface area contributed by atoms with Crippen LogP contribution < -0.4 is 5.32 Å². The molecule has 0 aliphatic heterocycles. The maximum atomic E-state index is 12.0. The number of amides is 1. The summed E-state index contributed by atoms with van der Waals surface area (Å²) in [6, 6.07) is 15.7. The number of nitrogens with one attached hydrogen (secondary N) is 1. The second-order valence-corrected chi connectivity index (χ2v) is 6.19. The van der Waals surface area contributed by atoms with Gasteiger partial charge >= 0.3 is 6.09 Å². The van der Waals surface area contributed by atoms with Gasteiger partial charge in [-0.3, -0.25) is 5.32 Å². The van der Waals surface area contributed by atoms with Gasteiger partial charge in [0.1, 0.15) is 5.60 Å². The summed E-state index contributed by atoms with van der Waals surface area (Å²) in [4.78, 5) is 16.6. The number of nitrogens with zero attached hydrogens (tertiary/aromatic N) is 1. The molecule has 0 radical (unpaired) electrons. The van der Waals surface area contributed by atoms with Crippen LogP contribution in [0.15, 0.2) is 48.5 Å². The van der Waals surface area contributed by atoms with Gasteiger partial charge in [0, 0.05) is 10.8 Å². The molecule has 0 aliphatic carbocycles. The van der Waals surface area contributed by atoms with Crippen molar-refractivity contribution in [2.75, 3.05) is 5.32 Å². The van der Waals surface area contributed by atoms with E-state index in [0.717, 1.165) is 21.8 Å². The van der Waals surface area contributed by atoms with Gasteiger partial charge in [-0.25, -0.2) is 9.78 Å². The molecular weight excluding hydrogens is 276 g/mol. The fourth-order valence-electron chi connectivity index (χ4n) is 2.32. The summed E-state index contributed by atoms with van der Waals surface area (Å²) in [5.74, 6) is 0. The molecule has 0 spiro atoms. The maximum Gasteiger partial charge on any atom is 0.412 e. The lowest BCUT2D eigenvalue weighted by atomic mass is 10.1. The van der Waals surface area contributed by atoms with Gasteiger partial charge in [-0.05, 0) is 39.0 Å². The van der Waals surface area contributed by atoms with E-state index in [-0.39, 0.29) is 0 Å². The second-order valence-electron chi connectivity index (χ2n) is 6.19. The van der Waals surface area contributed by atoms with E-state index in [1.165, 1.54) is 0 Å². The average Bonchev–Trinajstić information content (AvgIpc) is 2.43. The number of hydrogen-bond acceptors (Lipinski definition) is 3. The summed E-state index contributed by atoms with van der Waals surface area (Å²) in [6.07, 6.45) is -0.477. The zero-order chi connectivity index (χ0) is 15.7. The number of carbonyl (C=O) groups excluding carboxylic acids is 1. The van der Waals surface area contributed by atoms with Crippen LogP contribution in [0.3, 0.4) is 0 Å². The van der Waals surface area contributed by atoms with Crippen LogP contribution in [0.5, 0.6) is 0 Å². The predicted octanol–water partition coefficient (Wildman–Crippen LogP) is 4.74. The lowest BCUT2D eigenvalue weighted by Crippen LogP contribution is -2.27. The zero-order valence-corrected chi connectivity index (χ0v) is 12.9. The van der Waals surface area contributed by atoms with E-state index in [4.69, 9.17) is 4.74 Å². The Balaban J connectivity index is 2.02. The maximum absolute atomic E-state index is 12.0. The first-order valence-electron chi connectivity index (χ1n) is 7.21. The highest BCUT2D eigenvalue weighted by molar-refractivity contribution is 6.02. The van der Waals surface area contributed by atoms with Crippen LogP contribution >= 0.6 is 0 Å². The van der Waals surface area contributed by atoms with Crippen LogP contribution in [0.25, 0.3) is 21.8 Å². The van der Waals surface area contributed by atoms with E-state index < -0.39 is 11.7 Å². The third kappa shape index (κ3) is 3.01. The molecule has 0 aliphatic rings. The van der Waals surface area contributed by atoms with Crippen LogP contribution in [0.2, 0.25) is 0 Å². The molecule has 0 unspecified atom stereocenters. The van der Waals surface area contributed by atoms with Crippen molar-refractivity contribution < 1.29 is 9.53 Å². The smallest absolute Gasteiger partial charge is 0.412 e. The molecule has 4 heteroatoms. The van der Waals surface area contributed by atoms with Gasteiger partial charge < -0.3 is 4.74 Å². The van der Waals surface area contributed by atoms with E-state index in [1.807, 2.05) is 63.2 Å². The molecule has 0 saturated carbocycles. The van der Waals surface area contributed by atoms with Gasteiger partial charge in [-0.15, -0.1) is 0 Å². The van der Waals surface area contributed by atoms with Gasteiger partial charge in [0.15, 0.2) is 0 Å². The van der Waals surface area contributed by atoms with Crippen LogP contribution in [-0.2, 0) is 4.74 Å². The Kier molecular flexibility index (Phi) is 3.45. The SMILES string of the molecule is CC(C)(C)OC(=O)Nc1cccc2cc3ccccc3nc12. The van der Waals surface area contributed by atoms with Crippen molar-refractivity contribution in [1.82, 2.24) is 4.98 Å². The number of benzene rings is 2. The standard InChI is InChI=1S/C18H18N2O2/c1-18(2,3)22-17(21)20-15-10-6-8-13-11-12-7-4-5-9-14(12)19-16(13)15/h4-11H,1-3H3,(H,20,21). The highest BCUT2D eigenvalue weighted by Gasteiger charge is 2.17. The predicted molar refractivity (Wildman–Crippen MR) is 89.1 cm³/mol. The van der Waals surface area contributed by atoms with Crippen molar-refractivity contribution in [3.05, 3.63) is 48.5 Å². The van der Waals surface area contributed by atoms with Crippen LogP contribution in [0.4, 0.5) is 10.5 Å². The molecule has 2 aromatic carbocycles. The Labute approximate surface area is 129 Å². The van der Waals surface area contributed by atoms with Gasteiger partial charge in [0.05, 0.1) is 16.7 Å². The second kappa shape index (κ2) is 5.30. The Morgan fingerprint density at radius 3 is 2.55 bits per heavy atom. The van der Waals surface area contributed by atoms with Crippen molar-refractivity contribution in [3.8, 4) is 0 Å². The van der Waals surface area contributed by atoms with Gasteiger partial charge in [0.25, 0.3) is 0 Å². The summed E-state index contributed by atoms with van der Waals surface area (Å²) in [5, 5.41) is 4.83. The average molecular weight is 294 g/mol. The van der Waals surface area contributed by atoms with Crippen molar-refractivity contribution in [2.24, 2.45) is 0 Å². The molecule has 3 rings (SSSR count). The van der Waals surface area contributed by atoms with Crippen LogP contribution in [-0.4, -0.2) is 16.7 Å². The number of pyridine rings is 1. The lowest BCUT2D eigenvalue weighted by Gasteiger charge is -2.20. The van der Waals surface area contributed by atoms with Crippen molar-refractivity contribution >= 4 is 33.6 Å². The number of hydrogen-bond donors (Lipinski definition) is 1. The number of rotatable bonds is 1. The monoisotopic (exact) mass is 294 g/mol. The third-order valence-corrected chi connectivity index (χ3v) is 3.18. The minimum Gasteiger partial charge on any atom is -0.444 e. The number of aromatic nitrogens is 1. The molecule has 4 nitrogen and oxygen atoms in total. The van der Waals surface area contributed by atoms with Crippen LogP contribution in [0.1, 0.15) is 20.8 Å². The molecule has 1 heterocycles. The van der Waals surface area contributed by atoms with E-state index in [2.05, 4.69) is 16.4 Å². The lowest BCUT2D eigenvalue weighted by molar-refractivity contribution is 0.0636. The normalized spacial score (nSPS) is 11.6. The first-order valence-corrected chi connectivity index (χ1v) is 7.21.